The van der Waals surface area contributed by atoms with Gasteiger partial charge in [0.25, 0.3) is 11.5 Å². The maximum atomic E-state index is 12.9. The van der Waals surface area contributed by atoms with E-state index >= 15 is 0 Å². The smallest absolute Gasteiger partial charge is 0.349 e. The number of thiophene rings is 1. The number of aromatic nitrogens is 2. The molecule has 0 fully saturated rings. The second kappa shape index (κ2) is 9.17. The zero-order chi connectivity index (χ0) is 21.0. The first kappa shape index (κ1) is 21.0. The Bertz CT molecular complexity index is 1010. The van der Waals surface area contributed by atoms with E-state index in [1.165, 1.54) is 0 Å². The van der Waals surface area contributed by atoms with Crippen molar-refractivity contribution < 1.29 is 19.1 Å². The second-order valence-corrected chi connectivity index (χ2v) is 7.91. The van der Waals surface area contributed by atoms with Gasteiger partial charge >= 0.3 is 12.0 Å². The summed E-state index contributed by atoms with van der Waals surface area (Å²) in [4.78, 5) is 54.0. The Hall–Kier alpha value is -2.75. The Morgan fingerprint density at radius 2 is 2.03 bits per heavy atom. The van der Waals surface area contributed by atoms with Crippen molar-refractivity contribution in [1.29, 1.82) is 0 Å². The lowest BCUT2D eigenvalue weighted by Crippen LogP contribution is -2.41. The lowest BCUT2D eigenvalue weighted by atomic mass is 10.2. The normalized spacial score (nSPS) is 13.4. The molecule has 3 amide bonds. The Balaban J connectivity index is 1.74. The molecule has 1 aliphatic heterocycles. The highest BCUT2D eigenvalue weighted by Gasteiger charge is 2.23. The van der Waals surface area contributed by atoms with Gasteiger partial charge in [0, 0.05) is 19.5 Å². The molecule has 3 rings (SSSR count). The van der Waals surface area contributed by atoms with E-state index < -0.39 is 24.5 Å². The standard InChI is InChI=1S/C19H24N4O5S/c1-3-8-20-19(27)22-13(24)10-28-18(26)15-11(2)14-16(29-15)21-12-7-5-4-6-9-23(12)17(14)25/h3-10H2,1-2H3,(H2,20,22,24,27). The van der Waals surface area contributed by atoms with Crippen LogP contribution in [0.2, 0.25) is 0 Å². The maximum Gasteiger partial charge on any atom is 0.349 e. The molecule has 156 valence electrons. The summed E-state index contributed by atoms with van der Waals surface area (Å²) in [5.41, 5.74) is 0.373. The van der Waals surface area contributed by atoms with Crippen LogP contribution in [0.4, 0.5) is 4.79 Å². The predicted octanol–water partition coefficient (Wildman–Crippen LogP) is 1.89. The van der Waals surface area contributed by atoms with Gasteiger partial charge in [-0.2, -0.15) is 0 Å². The minimum Gasteiger partial charge on any atom is -0.451 e. The lowest BCUT2D eigenvalue weighted by molar-refractivity contribution is -0.123. The van der Waals surface area contributed by atoms with Crippen molar-refractivity contribution in [3.05, 3.63) is 26.6 Å². The van der Waals surface area contributed by atoms with Crippen LogP contribution in [0.15, 0.2) is 4.79 Å². The van der Waals surface area contributed by atoms with Crippen molar-refractivity contribution in [2.75, 3.05) is 13.2 Å². The van der Waals surface area contributed by atoms with Crippen molar-refractivity contribution >= 4 is 39.5 Å². The molecule has 9 nitrogen and oxygen atoms in total. The predicted molar refractivity (Wildman–Crippen MR) is 108 cm³/mol. The van der Waals surface area contributed by atoms with E-state index in [0.29, 0.717) is 28.9 Å². The minimum atomic E-state index is -0.726. The van der Waals surface area contributed by atoms with Gasteiger partial charge < -0.3 is 10.1 Å². The molecular weight excluding hydrogens is 396 g/mol. The van der Waals surface area contributed by atoms with Crippen LogP contribution in [-0.4, -0.2) is 40.6 Å². The number of urea groups is 1. The zero-order valence-corrected chi connectivity index (χ0v) is 17.3. The van der Waals surface area contributed by atoms with E-state index in [2.05, 4.69) is 15.6 Å². The van der Waals surface area contributed by atoms with Gasteiger partial charge in [-0.05, 0) is 31.7 Å². The molecule has 0 aliphatic carbocycles. The van der Waals surface area contributed by atoms with Crippen LogP contribution in [-0.2, 0) is 22.5 Å². The fourth-order valence-corrected chi connectivity index (χ4v) is 4.33. The van der Waals surface area contributed by atoms with Crippen LogP contribution in [0.5, 0.6) is 0 Å². The van der Waals surface area contributed by atoms with Gasteiger partial charge in [-0.1, -0.05) is 13.3 Å². The maximum absolute atomic E-state index is 12.9. The number of fused-ring (bicyclic) bond motifs is 2. The molecule has 3 heterocycles. The molecule has 0 saturated carbocycles. The van der Waals surface area contributed by atoms with Crippen molar-refractivity contribution in [3.8, 4) is 0 Å². The number of nitrogens with one attached hydrogen (secondary N) is 2. The monoisotopic (exact) mass is 420 g/mol. The number of carbonyl (C=O) groups excluding carboxylic acids is 3. The topological polar surface area (TPSA) is 119 Å². The van der Waals surface area contributed by atoms with E-state index in [-0.39, 0.29) is 10.4 Å². The van der Waals surface area contributed by atoms with E-state index in [0.717, 1.165) is 49.3 Å². The van der Waals surface area contributed by atoms with Gasteiger partial charge in [-0.25, -0.2) is 14.6 Å². The fraction of sp³-hybridized carbons (Fsp3) is 0.526. The van der Waals surface area contributed by atoms with Crippen molar-refractivity contribution in [1.82, 2.24) is 20.2 Å². The van der Waals surface area contributed by atoms with Gasteiger partial charge in [-0.3, -0.25) is 19.5 Å². The summed E-state index contributed by atoms with van der Waals surface area (Å²) in [6.07, 6.45) is 4.45. The van der Waals surface area contributed by atoms with Gasteiger partial charge in [0.15, 0.2) is 6.61 Å². The third-order valence-electron chi connectivity index (χ3n) is 4.72. The highest BCUT2D eigenvalue weighted by molar-refractivity contribution is 7.20. The summed E-state index contributed by atoms with van der Waals surface area (Å²) in [6, 6.07) is -0.635. The Morgan fingerprint density at radius 1 is 1.24 bits per heavy atom. The summed E-state index contributed by atoms with van der Waals surface area (Å²) in [7, 11) is 0. The number of hydrogen-bond acceptors (Lipinski definition) is 7. The molecule has 0 radical (unpaired) electrons. The van der Waals surface area contributed by atoms with Crippen LogP contribution in [0.1, 0.15) is 53.7 Å². The molecule has 0 saturated heterocycles. The molecule has 0 aromatic carbocycles. The molecule has 0 bridgehead atoms. The van der Waals surface area contributed by atoms with Crippen LogP contribution in [0.3, 0.4) is 0 Å². The Kier molecular flexibility index (Phi) is 6.63. The Morgan fingerprint density at radius 3 is 2.79 bits per heavy atom. The summed E-state index contributed by atoms with van der Waals surface area (Å²) >= 11 is 1.09. The number of hydrogen-bond donors (Lipinski definition) is 2. The fourth-order valence-electron chi connectivity index (χ4n) is 3.25. The van der Waals surface area contributed by atoms with Gasteiger partial charge in [0.05, 0.1) is 5.39 Å². The molecule has 2 aromatic heterocycles. The summed E-state index contributed by atoms with van der Waals surface area (Å²) in [6.45, 7) is 4.05. The number of nitrogens with zero attached hydrogens (tertiary/aromatic N) is 2. The van der Waals surface area contributed by atoms with Gasteiger partial charge in [-0.15, -0.1) is 11.3 Å². The molecular formula is C19H24N4O5S. The quantitative estimate of drug-likeness (QED) is 0.713. The average molecular weight is 420 g/mol. The van der Waals surface area contributed by atoms with Gasteiger partial charge in [0.1, 0.15) is 15.5 Å². The van der Waals surface area contributed by atoms with Crippen LogP contribution in [0, 0.1) is 6.92 Å². The van der Waals surface area contributed by atoms with Crippen molar-refractivity contribution in [3.63, 3.8) is 0 Å². The van der Waals surface area contributed by atoms with E-state index in [1.54, 1.807) is 11.5 Å². The third-order valence-corrected chi connectivity index (χ3v) is 5.89. The first-order valence-electron chi connectivity index (χ1n) is 9.70. The minimum absolute atomic E-state index is 0.134. The summed E-state index contributed by atoms with van der Waals surface area (Å²) in [5.74, 6) is -0.691. The number of esters is 1. The molecule has 10 heteroatoms. The summed E-state index contributed by atoms with van der Waals surface area (Å²) in [5, 5.41) is 5.01. The number of rotatable bonds is 5. The average Bonchev–Trinajstić information content (AvgIpc) is 2.86. The molecule has 29 heavy (non-hydrogen) atoms. The molecule has 0 atom stereocenters. The van der Waals surface area contributed by atoms with E-state index in [4.69, 9.17) is 4.74 Å². The number of ether oxygens (including phenoxy) is 1. The summed E-state index contributed by atoms with van der Waals surface area (Å²) < 4.78 is 6.73. The number of imide groups is 1. The van der Waals surface area contributed by atoms with Crippen LogP contribution < -0.4 is 16.2 Å². The number of carbonyl (C=O) groups is 3. The molecule has 2 aromatic rings. The first-order valence-corrected chi connectivity index (χ1v) is 10.5. The van der Waals surface area contributed by atoms with Crippen LogP contribution >= 0.6 is 11.3 Å². The second-order valence-electron chi connectivity index (χ2n) is 6.91. The highest BCUT2D eigenvalue weighted by atomic mass is 32.1. The SMILES string of the molecule is CCCNC(=O)NC(=O)COC(=O)c1sc2nc3n(c(=O)c2c1C)CCCCC3. The van der Waals surface area contributed by atoms with E-state index in [9.17, 15) is 19.2 Å². The lowest BCUT2D eigenvalue weighted by Gasteiger charge is -2.08. The third kappa shape index (κ3) is 4.64. The molecule has 2 N–H and O–H groups in total. The Labute approximate surface area is 171 Å². The number of aryl methyl sites for hydroxylation is 2. The largest absolute Gasteiger partial charge is 0.451 e. The van der Waals surface area contributed by atoms with Crippen LogP contribution in [0.25, 0.3) is 10.2 Å². The molecule has 0 unspecified atom stereocenters. The first-order chi connectivity index (χ1) is 13.9. The number of amides is 3. The highest BCUT2D eigenvalue weighted by Crippen LogP contribution is 2.28. The molecule has 0 spiro atoms. The zero-order valence-electron chi connectivity index (χ0n) is 16.5. The molecule has 1 aliphatic rings. The van der Waals surface area contributed by atoms with E-state index in [1.807, 2.05) is 6.92 Å². The van der Waals surface area contributed by atoms with Crippen molar-refractivity contribution in [2.45, 2.75) is 52.5 Å². The van der Waals surface area contributed by atoms with Crippen molar-refractivity contribution in [2.24, 2.45) is 0 Å². The van der Waals surface area contributed by atoms with Gasteiger partial charge in [0.2, 0.25) is 0 Å².